The molecule has 34 heavy (non-hydrogen) atoms. The van der Waals surface area contributed by atoms with Crippen molar-refractivity contribution in [3.05, 3.63) is 119 Å². The molecule has 2 N–H and O–H groups in total. The molecule has 0 atom stereocenters. The summed E-state index contributed by atoms with van der Waals surface area (Å²) in [4.78, 5) is 12.3. The summed E-state index contributed by atoms with van der Waals surface area (Å²) >= 11 is 6.10. The number of carbonyl (C=O) groups is 1. The molecule has 3 nitrogen and oxygen atoms in total. The third-order valence-electron chi connectivity index (χ3n) is 6.49. The average Bonchev–Trinajstić information content (AvgIpc) is 3.17. The van der Waals surface area contributed by atoms with Gasteiger partial charge in [0.1, 0.15) is 0 Å². The molecule has 0 saturated heterocycles. The number of amides is 1. The van der Waals surface area contributed by atoms with Crippen molar-refractivity contribution >= 4 is 50.1 Å². The van der Waals surface area contributed by atoms with Gasteiger partial charge in [-0.1, -0.05) is 78.3 Å². The van der Waals surface area contributed by atoms with Crippen molar-refractivity contribution in [1.29, 1.82) is 0 Å². The van der Waals surface area contributed by atoms with E-state index in [4.69, 9.17) is 17.3 Å². The normalized spacial score (nSPS) is 11.4. The molecule has 1 aromatic heterocycles. The fourth-order valence-corrected chi connectivity index (χ4v) is 4.99. The molecule has 0 aliphatic heterocycles. The third-order valence-corrected chi connectivity index (χ3v) is 6.74. The van der Waals surface area contributed by atoms with Crippen molar-refractivity contribution < 1.29 is 4.79 Å². The number of rotatable bonds is 4. The number of aromatic nitrogens is 1. The van der Waals surface area contributed by atoms with Gasteiger partial charge in [-0.05, 0) is 63.9 Å². The number of hydrogen-bond acceptors (Lipinski definition) is 1. The quantitative estimate of drug-likeness (QED) is 0.292. The van der Waals surface area contributed by atoms with E-state index in [1.54, 1.807) is 6.07 Å². The zero-order chi connectivity index (χ0) is 23.2. The maximum Gasteiger partial charge on any atom is 0.249 e. The molecule has 0 aliphatic carbocycles. The van der Waals surface area contributed by atoms with Crippen molar-refractivity contribution in [3.63, 3.8) is 0 Å². The van der Waals surface area contributed by atoms with E-state index in [0.717, 1.165) is 32.9 Å². The summed E-state index contributed by atoms with van der Waals surface area (Å²) in [5.41, 5.74) is 11.7. The smallest absolute Gasteiger partial charge is 0.249 e. The number of benzene rings is 5. The van der Waals surface area contributed by atoms with Crippen LogP contribution in [0, 0.1) is 0 Å². The Morgan fingerprint density at radius 3 is 2.29 bits per heavy atom. The van der Waals surface area contributed by atoms with Crippen LogP contribution in [0.2, 0.25) is 5.02 Å². The Balaban J connectivity index is 1.60. The molecule has 5 aromatic carbocycles. The largest absolute Gasteiger partial charge is 0.366 e. The number of nitrogens with zero attached hydrogens (tertiary/aromatic N) is 1. The van der Waals surface area contributed by atoms with Crippen LogP contribution >= 0.6 is 11.6 Å². The summed E-state index contributed by atoms with van der Waals surface area (Å²) in [6, 6.07) is 34.9. The lowest BCUT2D eigenvalue weighted by molar-refractivity contribution is 0.100. The summed E-state index contributed by atoms with van der Waals surface area (Å²) < 4.78 is 2.28. The highest BCUT2D eigenvalue weighted by Crippen LogP contribution is 2.35. The molecule has 0 radical (unpaired) electrons. The lowest BCUT2D eigenvalue weighted by Crippen LogP contribution is -2.11. The Kier molecular flexibility index (Phi) is 4.86. The van der Waals surface area contributed by atoms with Gasteiger partial charge in [0.05, 0.1) is 11.0 Å². The van der Waals surface area contributed by atoms with Gasteiger partial charge < -0.3 is 10.3 Å². The molecule has 6 aromatic rings. The van der Waals surface area contributed by atoms with E-state index in [1.807, 2.05) is 30.3 Å². The first-order valence-electron chi connectivity index (χ1n) is 11.2. The van der Waals surface area contributed by atoms with Gasteiger partial charge >= 0.3 is 0 Å². The van der Waals surface area contributed by atoms with E-state index in [0.29, 0.717) is 17.1 Å². The molecule has 0 aliphatic rings. The topological polar surface area (TPSA) is 48.0 Å². The van der Waals surface area contributed by atoms with Crippen molar-refractivity contribution in [1.82, 2.24) is 4.57 Å². The maximum atomic E-state index is 12.3. The van der Waals surface area contributed by atoms with E-state index in [2.05, 4.69) is 71.3 Å². The maximum absolute atomic E-state index is 12.3. The minimum atomic E-state index is -0.419. The summed E-state index contributed by atoms with van der Waals surface area (Å²) in [7, 11) is 0. The Bertz CT molecular complexity index is 1710. The highest BCUT2D eigenvalue weighted by molar-refractivity contribution is 6.30. The van der Waals surface area contributed by atoms with Crippen LogP contribution in [-0.4, -0.2) is 10.5 Å². The SMILES string of the molecule is NC(=O)c1cccc2c1c1ccc(-c3ccc(Cl)cc3)cc1n2Cc1ccc2ccccc2c1. The van der Waals surface area contributed by atoms with Crippen LogP contribution in [0.25, 0.3) is 43.7 Å². The predicted octanol–water partition coefficient (Wildman–Crippen LogP) is 7.42. The first-order chi connectivity index (χ1) is 16.6. The number of halogens is 1. The molecule has 164 valence electrons. The molecule has 1 heterocycles. The fraction of sp³-hybridized carbons (Fsp3) is 0.0333. The first kappa shape index (κ1) is 20.5. The number of nitrogens with two attached hydrogens (primary N) is 1. The van der Waals surface area contributed by atoms with Crippen LogP contribution in [0.1, 0.15) is 15.9 Å². The molecule has 0 fully saturated rings. The van der Waals surface area contributed by atoms with E-state index >= 15 is 0 Å². The van der Waals surface area contributed by atoms with Gasteiger partial charge in [-0.25, -0.2) is 0 Å². The molecule has 0 bridgehead atoms. The van der Waals surface area contributed by atoms with Crippen molar-refractivity contribution in [2.45, 2.75) is 6.54 Å². The van der Waals surface area contributed by atoms with E-state index in [9.17, 15) is 4.79 Å². The van der Waals surface area contributed by atoms with Crippen LogP contribution in [0.5, 0.6) is 0 Å². The van der Waals surface area contributed by atoms with Crippen molar-refractivity contribution in [2.24, 2.45) is 5.73 Å². The van der Waals surface area contributed by atoms with Gasteiger partial charge in [0.2, 0.25) is 5.91 Å². The molecule has 0 unspecified atom stereocenters. The summed E-state index contributed by atoms with van der Waals surface area (Å²) in [5, 5.41) is 5.05. The Hall–Kier alpha value is -4.08. The lowest BCUT2D eigenvalue weighted by atomic mass is 10.0. The number of carbonyl (C=O) groups excluding carboxylic acids is 1. The second-order valence-electron chi connectivity index (χ2n) is 8.57. The minimum Gasteiger partial charge on any atom is -0.366 e. The van der Waals surface area contributed by atoms with Gasteiger partial charge in [-0.3, -0.25) is 4.79 Å². The van der Waals surface area contributed by atoms with E-state index in [-0.39, 0.29) is 0 Å². The molecule has 0 saturated carbocycles. The minimum absolute atomic E-state index is 0.419. The number of hydrogen-bond donors (Lipinski definition) is 1. The van der Waals surface area contributed by atoms with E-state index in [1.165, 1.54) is 16.3 Å². The van der Waals surface area contributed by atoms with E-state index < -0.39 is 5.91 Å². The third kappa shape index (κ3) is 3.42. The van der Waals surface area contributed by atoms with Crippen LogP contribution in [0.15, 0.2) is 103 Å². The Morgan fingerprint density at radius 2 is 1.50 bits per heavy atom. The van der Waals surface area contributed by atoms with Crippen molar-refractivity contribution in [3.8, 4) is 11.1 Å². The first-order valence-corrected chi connectivity index (χ1v) is 11.5. The van der Waals surface area contributed by atoms with Gasteiger partial charge in [-0.15, -0.1) is 0 Å². The van der Waals surface area contributed by atoms with Crippen LogP contribution in [-0.2, 0) is 6.54 Å². The number of primary amides is 1. The predicted molar refractivity (Wildman–Crippen MR) is 141 cm³/mol. The summed E-state index contributed by atoms with van der Waals surface area (Å²) in [6.45, 7) is 0.678. The second-order valence-corrected chi connectivity index (χ2v) is 9.01. The highest BCUT2D eigenvalue weighted by Gasteiger charge is 2.17. The Morgan fingerprint density at radius 1 is 0.735 bits per heavy atom. The Labute approximate surface area is 202 Å². The molecule has 0 spiro atoms. The van der Waals surface area contributed by atoms with Crippen LogP contribution < -0.4 is 5.73 Å². The van der Waals surface area contributed by atoms with Crippen LogP contribution in [0.4, 0.5) is 0 Å². The van der Waals surface area contributed by atoms with Crippen molar-refractivity contribution in [2.75, 3.05) is 0 Å². The highest BCUT2D eigenvalue weighted by atomic mass is 35.5. The second kappa shape index (κ2) is 8.05. The molecular formula is C30H21ClN2O. The molecule has 6 rings (SSSR count). The molecular weight excluding hydrogens is 440 g/mol. The zero-order valence-corrected chi connectivity index (χ0v) is 19.1. The van der Waals surface area contributed by atoms with Gasteiger partial charge in [0.25, 0.3) is 0 Å². The standard InChI is InChI=1S/C30H21ClN2O/c31-24-13-10-21(11-14-24)23-12-15-25-28(17-23)33(27-7-3-6-26(29(25)27)30(32)34)18-19-8-9-20-4-1-2-5-22(20)16-19/h1-17H,18H2,(H2,32,34). The average molecular weight is 461 g/mol. The lowest BCUT2D eigenvalue weighted by Gasteiger charge is -2.10. The summed E-state index contributed by atoms with van der Waals surface area (Å²) in [5.74, 6) is -0.419. The molecule has 1 amide bonds. The number of fused-ring (bicyclic) bond motifs is 4. The zero-order valence-electron chi connectivity index (χ0n) is 18.3. The fourth-order valence-electron chi connectivity index (χ4n) is 4.86. The summed E-state index contributed by atoms with van der Waals surface area (Å²) in [6.07, 6.45) is 0. The molecule has 4 heteroatoms. The van der Waals surface area contributed by atoms with Gasteiger partial charge in [-0.2, -0.15) is 0 Å². The monoisotopic (exact) mass is 460 g/mol. The van der Waals surface area contributed by atoms with Gasteiger partial charge in [0, 0.05) is 27.9 Å². The van der Waals surface area contributed by atoms with Crippen LogP contribution in [0.3, 0.4) is 0 Å². The van der Waals surface area contributed by atoms with Gasteiger partial charge in [0.15, 0.2) is 0 Å².